The molecule has 0 aromatic rings. The molecule has 5 fully saturated rings. The predicted molar refractivity (Wildman–Crippen MR) is 144 cm³/mol. The van der Waals surface area contributed by atoms with Crippen LogP contribution in [0.1, 0.15) is 93.9 Å². The van der Waals surface area contributed by atoms with Gasteiger partial charge >= 0.3 is 0 Å². The molecule has 5 rings (SSSR count). The Bertz CT molecular complexity index is 695. The van der Waals surface area contributed by atoms with Crippen molar-refractivity contribution in [1.29, 1.82) is 0 Å². The highest BCUT2D eigenvalue weighted by Gasteiger charge is 2.49. The average molecular weight is 473 g/mol. The summed E-state index contributed by atoms with van der Waals surface area (Å²) in [6.07, 6.45) is 7.85. The van der Waals surface area contributed by atoms with Gasteiger partial charge in [0.15, 0.2) is 0 Å². The molecule has 5 aliphatic rings. The van der Waals surface area contributed by atoms with Crippen LogP contribution in [0.15, 0.2) is 0 Å². The smallest absolute Gasteiger partial charge is 0.0116 e. The van der Waals surface area contributed by atoms with Crippen LogP contribution in [0, 0.1) is 47.3 Å². The summed E-state index contributed by atoms with van der Waals surface area (Å²) in [6.45, 7) is 20.1. The van der Waals surface area contributed by atoms with Crippen LogP contribution < -0.4 is 21.3 Å². The fraction of sp³-hybridized carbons (Fsp3) is 1.00. The Balaban J connectivity index is 1.43. The Morgan fingerprint density at radius 1 is 0.382 bits per heavy atom. The van der Waals surface area contributed by atoms with E-state index in [0.29, 0.717) is 48.3 Å². The normalized spacial score (nSPS) is 57.9. The topological polar surface area (TPSA) is 48.1 Å². The molecule has 0 aromatic heterocycles. The van der Waals surface area contributed by atoms with Gasteiger partial charge in [0, 0.05) is 48.3 Å². The van der Waals surface area contributed by atoms with E-state index in [4.69, 9.17) is 0 Å². The van der Waals surface area contributed by atoms with Crippen molar-refractivity contribution < 1.29 is 0 Å². The first-order chi connectivity index (χ1) is 16.2. The number of rotatable bonds is 2. The van der Waals surface area contributed by atoms with E-state index in [-0.39, 0.29) is 0 Å². The van der Waals surface area contributed by atoms with Gasteiger partial charge in [0.05, 0.1) is 0 Å². The lowest BCUT2D eigenvalue weighted by atomic mass is 9.78. The van der Waals surface area contributed by atoms with E-state index in [2.05, 4.69) is 76.7 Å². The Labute approximate surface area is 210 Å². The van der Waals surface area contributed by atoms with Crippen LogP contribution in [0.3, 0.4) is 0 Å². The molecule has 5 aliphatic heterocycles. The molecule has 5 heterocycles. The maximum Gasteiger partial charge on any atom is 0.0116 e. The van der Waals surface area contributed by atoms with Gasteiger partial charge in [-0.25, -0.2) is 0 Å². The quantitative estimate of drug-likeness (QED) is 0.467. The summed E-state index contributed by atoms with van der Waals surface area (Å²) in [7, 11) is 0. The standard InChI is InChI=1S/C30H56N4/c1-9-21-19(7)27-12-25-16(4)15(3)23(31-25)11-24-17(5)18(6)26(32-24)13-29-22(10-2)20(8)28(34-29)14-30(21)33-27/h15-34H,9-14H2,1-8H3. The van der Waals surface area contributed by atoms with Crippen molar-refractivity contribution >= 4 is 0 Å². The van der Waals surface area contributed by atoms with Gasteiger partial charge in [0.25, 0.3) is 0 Å². The van der Waals surface area contributed by atoms with Crippen molar-refractivity contribution in [1.82, 2.24) is 21.3 Å². The fourth-order valence-corrected chi connectivity index (χ4v) is 9.64. The van der Waals surface area contributed by atoms with E-state index in [1.807, 2.05) is 0 Å². The summed E-state index contributed by atoms with van der Waals surface area (Å²) < 4.78 is 0. The lowest BCUT2D eigenvalue weighted by Gasteiger charge is -2.27. The zero-order chi connectivity index (χ0) is 24.3. The molecule has 0 spiro atoms. The molecule has 4 N–H and O–H groups in total. The second-order valence-corrected chi connectivity index (χ2v) is 13.8. The Kier molecular flexibility index (Phi) is 7.46. The largest absolute Gasteiger partial charge is 0.311 e. The van der Waals surface area contributed by atoms with Crippen LogP contribution in [-0.2, 0) is 0 Å². The minimum Gasteiger partial charge on any atom is -0.311 e. The highest BCUT2D eigenvalue weighted by Crippen LogP contribution is 2.43. The molecule has 0 aromatic carbocycles. The lowest BCUT2D eigenvalue weighted by Crippen LogP contribution is -2.45. The number of hydrogen-bond acceptors (Lipinski definition) is 4. The third kappa shape index (κ3) is 4.31. The van der Waals surface area contributed by atoms with Crippen LogP contribution >= 0.6 is 0 Å². The highest BCUT2D eigenvalue weighted by molar-refractivity contribution is 5.07. The summed E-state index contributed by atoms with van der Waals surface area (Å²) >= 11 is 0. The Morgan fingerprint density at radius 2 is 0.618 bits per heavy atom. The molecule has 0 amide bonds. The first-order valence-electron chi connectivity index (χ1n) is 15.3. The zero-order valence-electron chi connectivity index (χ0n) is 23.5. The zero-order valence-corrected chi connectivity index (χ0v) is 23.5. The number of fused-ring (bicyclic) bond motifs is 8. The number of hydrogen-bond donors (Lipinski definition) is 4. The maximum atomic E-state index is 4.24. The van der Waals surface area contributed by atoms with E-state index in [1.54, 1.807) is 0 Å². The summed E-state index contributed by atoms with van der Waals surface area (Å²) in [5.74, 6) is 6.26. The summed E-state index contributed by atoms with van der Waals surface area (Å²) in [5, 5.41) is 16.8. The molecule has 0 radical (unpaired) electrons. The van der Waals surface area contributed by atoms with Gasteiger partial charge in [0.2, 0.25) is 0 Å². The maximum absolute atomic E-state index is 4.24. The Morgan fingerprint density at radius 3 is 0.912 bits per heavy atom. The second kappa shape index (κ2) is 9.95. The summed E-state index contributed by atoms with van der Waals surface area (Å²) in [6, 6.07) is 5.31. The third-order valence-electron chi connectivity index (χ3n) is 12.5. The average Bonchev–Trinajstić information content (AvgIpc) is 3.45. The van der Waals surface area contributed by atoms with Crippen molar-refractivity contribution in [2.45, 2.75) is 142 Å². The van der Waals surface area contributed by atoms with Gasteiger partial charge in [-0.3, -0.25) is 0 Å². The van der Waals surface area contributed by atoms with Crippen LogP contribution in [0.25, 0.3) is 0 Å². The SMILES string of the molecule is CCC1C2CC3NC(CC4NC(CC5NC(CC(N2)C1C)C(CC)C5C)C(C)C4C)C(C)C3C. The molecular formula is C30H56N4. The first-order valence-corrected chi connectivity index (χ1v) is 15.3. The highest BCUT2D eigenvalue weighted by atomic mass is 15.1. The fourth-order valence-electron chi connectivity index (χ4n) is 9.64. The number of nitrogens with one attached hydrogen (secondary N) is 4. The van der Waals surface area contributed by atoms with Crippen molar-refractivity contribution in [3.8, 4) is 0 Å². The molecule has 0 saturated carbocycles. The van der Waals surface area contributed by atoms with Crippen molar-refractivity contribution in [2.75, 3.05) is 0 Å². The molecule has 34 heavy (non-hydrogen) atoms. The van der Waals surface area contributed by atoms with Crippen LogP contribution in [0.2, 0.25) is 0 Å². The van der Waals surface area contributed by atoms with Crippen LogP contribution in [0.4, 0.5) is 0 Å². The van der Waals surface area contributed by atoms with E-state index >= 15 is 0 Å². The van der Waals surface area contributed by atoms with Gasteiger partial charge in [-0.15, -0.1) is 0 Å². The van der Waals surface area contributed by atoms with E-state index in [1.165, 1.54) is 38.5 Å². The van der Waals surface area contributed by atoms with E-state index in [9.17, 15) is 0 Å². The van der Waals surface area contributed by atoms with E-state index in [0.717, 1.165) is 47.3 Å². The first kappa shape index (κ1) is 25.5. The van der Waals surface area contributed by atoms with Gasteiger partial charge in [-0.2, -0.15) is 0 Å². The minimum absolute atomic E-state index is 0.658. The Hall–Kier alpha value is -0.160. The van der Waals surface area contributed by atoms with Crippen molar-refractivity contribution in [3.63, 3.8) is 0 Å². The predicted octanol–water partition coefficient (Wildman–Crippen LogP) is 4.79. The molecular weight excluding hydrogens is 416 g/mol. The summed E-state index contributed by atoms with van der Waals surface area (Å²) in [4.78, 5) is 0. The molecule has 4 nitrogen and oxygen atoms in total. The molecule has 196 valence electrons. The minimum atomic E-state index is 0.658. The molecule has 5 saturated heterocycles. The lowest BCUT2D eigenvalue weighted by molar-refractivity contribution is 0.287. The molecule has 0 aliphatic carbocycles. The van der Waals surface area contributed by atoms with E-state index < -0.39 is 0 Å². The van der Waals surface area contributed by atoms with Gasteiger partial charge in [-0.05, 0) is 73.0 Å². The molecule has 4 heteroatoms. The second-order valence-electron chi connectivity index (χ2n) is 13.8. The van der Waals surface area contributed by atoms with Gasteiger partial charge in [0.1, 0.15) is 0 Å². The molecule has 8 bridgehead atoms. The van der Waals surface area contributed by atoms with Crippen LogP contribution in [0.5, 0.6) is 0 Å². The van der Waals surface area contributed by atoms with Crippen LogP contribution in [-0.4, -0.2) is 48.3 Å². The monoisotopic (exact) mass is 472 g/mol. The molecule has 16 unspecified atom stereocenters. The van der Waals surface area contributed by atoms with Gasteiger partial charge < -0.3 is 21.3 Å². The third-order valence-corrected chi connectivity index (χ3v) is 12.5. The molecule has 16 atom stereocenters. The van der Waals surface area contributed by atoms with Gasteiger partial charge in [-0.1, -0.05) is 68.2 Å². The van der Waals surface area contributed by atoms with Crippen molar-refractivity contribution in [2.24, 2.45) is 47.3 Å². The summed E-state index contributed by atoms with van der Waals surface area (Å²) in [5.41, 5.74) is 0. The van der Waals surface area contributed by atoms with Crippen molar-refractivity contribution in [3.05, 3.63) is 0 Å².